The number of rotatable bonds is 3. The average molecular weight is 201 g/mol. The summed E-state index contributed by atoms with van der Waals surface area (Å²) in [6, 6.07) is 10.3. The number of benzene rings is 1. The lowest BCUT2D eigenvalue weighted by Crippen LogP contribution is -2.01. The van der Waals surface area contributed by atoms with Crippen LogP contribution in [0.4, 0.5) is 0 Å². The van der Waals surface area contributed by atoms with E-state index in [-0.39, 0.29) is 0 Å². The van der Waals surface area contributed by atoms with Crippen LogP contribution < -0.4 is 5.73 Å². The number of nitrogens with two attached hydrogens (primary N) is 1. The zero-order valence-electron chi connectivity index (χ0n) is 8.85. The maximum atomic E-state index is 5.54. The average Bonchev–Trinajstić information content (AvgIpc) is 2.65. The molecule has 2 rings (SSSR count). The molecule has 0 unspecified atom stereocenters. The Morgan fingerprint density at radius 3 is 2.33 bits per heavy atom. The summed E-state index contributed by atoms with van der Waals surface area (Å²) in [5.74, 6) is 0. The molecule has 1 heterocycles. The number of nitrogens with zero attached hydrogens (tertiary/aromatic N) is 2. The summed E-state index contributed by atoms with van der Waals surface area (Å²) >= 11 is 0. The van der Waals surface area contributed by atoms with Crippen molar-refractivity contribution >= 4 is 0 Å². The first kappa shape index (κ1) is 9.93. The van der Waals surface area contributed by atoms with Crippen molar-refractivity contribution in [3.63, 3.8) is 0 Å². The van der Waals surface area contributed by atoms with Crippen LogP contribution in [0.15, 0.2) is 36.5 Å². The predicted octanol–water partition coefficient (Wildman–Crippen LogP) is 1.70. The molecular formula is C12H15N3. The third kappa shape index (κ3) is 2.44. The van der Waals surface area contributed by atoms with Gasteiger partial charge in [0.15, 0.2) is 0 Å². The van der Waals surface area contributed by atoms with Gasteiger partial charge in [-0.2, -0.15) is 5.10 Å². The van der Waals surface area contributed by atoms with Crippen LogP contribution in [0, 0.1) is 6.92 Å². The van der Waals surface area contributed by atoms with Gasteiger partial charge >= 0.3 is 0 Å². The lowest BCUT2D eigenvalue weighted by atomic mass is 10.1. The first-order chi connectivity index (χ1) is 7.28. The molecular weight excluding hydrogens is 186 g/mol. The standard InChI is InChI=1S/C12H15N3/c1-10-6-7-15(14-10)9-12-4-2-11(8-13)3-5-12/h2-7H,8-9,13H2,1H3. The van der Waals surface area contributed by atoms with E-state index in [1.807, 2.05) is 23.9 Å². The summed E-state index contributed by atoms with van der Waals surface area (Å²) in [4.78, 5) is 0. The van der Waals surface area contributed by atoms with Crippen molar-refractivity contribution in [2.24, 2.45) is 5.73 Å². The van der Waals surface area contributed by atoms with Gasteiger partial charge in [0.2, 0.25) is 0 Å². The van der Waals surface area contributed by atoms with E-state index in [9.17, 15) is 0 Å². The van der Waals surface area contributed by atoms with Gasteiger partial charge in [0, 0.05) is 12.7 Å². The molecule has 0 atom stereocenters. The number of aryl methyl sites for hydroxylation is 1. The molecule has 0 fully saturated rings. The van der Waals surface area contributed by atoms with Gasteiger partial charge in [-0.15, -0.1) is 0 Å². The Labute approximate surface area is 89.5 Å². The fourth-order valence-corrected chi connectivity index (χ4v) is 1.52. The van der Waals surface area contributed by atoms with Crippen LogP contribution in [0.2, 0.25) is 0 Å². The van der Waals surface area contributed by atoms with Crippen LogP contribution in [0.3, 0.4) is 0 Å². The molecule has 0 saturated carbocycles. The third-order valence-corrected chi connectivity index (χ3v) is 2.38. The van der Waals surface area contributed by atoms with E-state index in [1.54, 1.807) is 0 Å². The number of aromatic nitrogens is 2. The quantitative estimate of drug-likeness (QED) is 0.821. The minimum Gasteiger partial charge on any atom is -0.326 e. The monoisotopic (exact) mass is 201 g/mol. The van der Waals surface area contributed by atoms with E-state index in [1.165, 1.54) is 5.56 Å². The first-order valence-corrected chi connectivity index (χ1v) is 5.06. The van der Waals surface area contributed by atoms with E-state index in [2.05, 4.69) is 29.4 Å². The summed E-state index contributed by atoms with van der Waals surface area (Å²) in [5, 5.41) is 4.34. The smallest absolute Gasteiger partial charge is 0.0659 e. The summed E-state index contributed by atoms with van der Waals surface area (Å²) in [5.41, 5.74) is 9.00. The molecule has 0 aliphatic heterocycles. The molecule has 0 spiro atoms. The van der Waals surface area contributed by atoms with Gasteiger partial charge < -0.3 is 5.73 Å². The number of hydrogen-bond acceptors (Lipinski definition) is 2. The summed E-state index contributed by atoms with van der Waals surface area (Å²) in [6.45, 7) is 3.41. The SMILES string of the molecule is Cc1ccn(Cc2ccc(CN)cc2)n1. The zero-order valence-corrected chi connectivity index (χ0v) is 8.85. The Balaban J connectivity index is 2.11. The largest absolute Gasteiger partial charge is 0.326 e. The molecule has 0 bridgehead atoms. The Morgan fingerprint density at radius 1 is 1.13 bits per heavy atom. The normalized spacial score (nSPS) is 10.5. The molecule has 3 nitrogen and oxygen atoms in total. The van der Waals surface area contributed by atoms with Crippen LogP contribution in [-0.4, -0.2) is 9.78 Å². The highest BCUT2D eigenvalue weighted by atomic mass is 15.3. The molecule has 0 amide bonds. The molecule has 15 heavy (non-hydrogen) atoms. The van der Waals surface area contributed by atoms with Crippen molar-refractivity contribution in [1.82, 2.24) is 9.78 Å². The van der Waals surface area contributed by atoms with Gasteiger partial charge in [0.05, 0.1) is 12.2 Å². The summed E-state index contributed by atoms with van der Waals surface area (Å²) in [6.07, 6.45) is 1.99. The van der Waals surface area contributed by atoms with Crippen LogP contribution in [0.5, 0.6) is 0 Å². The first-order valence-electron chi connectivity index (χ1n) is 5.06. The molecule has 2 aromatic rings. The second-order valence-electron chi connectivity index (χ2n) is 3.68. The van der Waals surface area contributed by atoms with E-state index in [0.717, 1.165) is 17.8 Å². The molecule has 78 valence electrons. The van der Waals surface area contributed by atoms with E-state index in [0.29, 0.717) is 6.54 Å². The molecule has 0 saturated heterocycles. The summed E-state index contributed by atoms with van der Waals surface area (Å²) < 4.78 is 1.94. The minimum absolute atomic E-state index is 0.598. The molecule has 3 heteroatoms. The van der Waals surface area contributed by atoms with Gasteiger partial charge in [-0.1, -0.05) is 24.3 Å². The fraction of sp³-hybridized carbons (Fsp3) is 0.250. The van der Waals surface area contributed by atoms with E-state index >= 15 is 0 Å². The van der Waals surface area contributed by atoms with Crippen molar-refractivity contribution in [2.75, 3.05) is 0 Å². The third-order valence-electron chi connectivity index (χ3n) is 2.38. The van der Waals surface area contributed by atoms with Gasteiger partial charge in [-0.3, -0.25) is 4.68 Å². The highest BCUT2D eigenvalue weighted by molar-refractivity contribution is 5.22. The van der Waals surface area contributed by atoms with Crippen LogP contribution in [0.25, 0.3) is 0 Å². The van der Waals surface area contributed by atoms with Gasteiger partial charge in [0.25, 0.3) is 0 Å². The minimum atomic E-state index is 0.598. The van der Waals surface area contributed by atoms with Gasteiger partial charge in [-0.05, 0) is 24.1 Å². The Hall–Kier alpha value is -1.61. The van der Waals surface area contributed by atoms with Crippen LogP contribution >= 0.6 is 0 Å². The molecule has 0 radical (unpaired) electrons. The van der Waals surface area contributed by atoms with E-state index in [4.69, 9.17) is 5.73 Å². The topological polar surface area (TPSA) is 43.8 Å². The van der Waals surface area contributed by atoms with Crippen molar-refractivity contribution in [3.8, 4) is 0 Å². The predicted molar refractivity (Wildman–Crippen MR) is 60.4 cm³/mol. The molecule has 1 aromatic heterocycles. The Bertz CT molecular complexity index is 428. The molecule has 2 N–H and O–H groups in total. The van der Waals surface area contributed by atoms with Gasteiger partial charge in [-0.25, -0.2) is 0 Å². The van der Waals surface area contributed by atoms with Crippen LogP contribution in [0.1, 0.15) is 16.8 Å². The van der Waals surface area contributed by atoms with Crippen molar-refractivity contribution in [2.45, 2.75) is 20.0 Å². The van der Waals surface area contributed by atoms with Crippen LogP contribution in [-0.2, 0) is 13.1 Å². The lowest BCUT2D eigenvalue weighted by molar-refractivity contribution is 0.679. The lowest BCUT2D eigenvalue weighted by Gasteiger charge is -2.03. The molecule has 0 aliphatic carbocycles. The number of hydrogen-bond donors (Lipinski definition) is 1. The summed E-state index contributed by atoms with van der Waals surface area (Å²) in [7, 11) is 0. The highest BCUT2D eigenvalue weighted by Gasteiger charge is 1.96. The highest BCUT2D eigenvalue weighted by Crippen LogP contribution is 2.05. The fourth-order valence-electron chi connectivity index (χ4n) is 1.52. The van der Waals surface area contributed by atoms with Gasteiger partial charge in [0.1, 0.15) is 0 Å². The Morgan fingerprint density at radius 2 is 1.80 bits per heavy atom. The molecule has 1 aromatic carbocycles. The second-order valence-corrected chi connectivity index (χ2v) is 3.68. The van der Waals surface area contributed by atoms with Crippen molar-refractivity contribution in [1.29, 1.82) is 0 Å². The second kappa shape index (κ2) is 4.28. The van der Waals surface area contributed by atoms with E-state index < -0.39 is 0 Å². The maximum Gasteiger partial charge on any atom is 0.0659 e. The zero-order chi connectivity index (χ0) is 10.7. The van der Waals surface area contributed by atoms with Crippen molar-refractivity contribution in [3.05, 3.63) is 53.3 Å². The Kier molecular flexibility index (Phi) is 2.83. The molecule has 0 aliphatic rings. The van der Waals surface area contributed by atoms with Crippen molar-refractivity contribution < 1.29 is 0 Å². The maximum absolute atomic E-state index is 5.54.